The first-order chi connectivity index (χ1) is 16.5. The molecule has 0 bridgehead atoms. The first-order valence-electron chi connectivity index (χ1n) is 11.1. The fourth-order valence-electron chi connectivity index (χ4n) is 4.27. The van der Waals surface area contributed by atoms with Crippen molar-refractivity contribution < 1.29 is 4.79 Å². The number of H-pyrrole nitrogens is 1. The maximum atomic E-state index is 12.9. The number of carbonyl (C=O) groups excluding carboxylic acids is 1. The van der Waals surface area contributed by atoms with E-state index in [-0.39, 0.29) is 11.9 Å². The first kappa shape index (κ1) is 21.4. The monoisotopic (exact) mass is 454 g/mol. The summed E-state index contributed by atoms with van der Waals surface area (Å²) in [6.45, 7) is 1.23. The van der Waals surface area contributed by atoms with Crippen molar-refractivity contribution in [2.45, 2.75) is 12.5 Å². The summed E-state index contributed by atoms with van der Waals surface area (Å²) in [4.78, 5) is 29.0. The third kappa shape index (κ3) is 4.03. The molecule has 1 aromatic carbocycles. The van der Waals surface area contributed by atoms with Gasteiger partial charge in [-0.1, -0.05) is 18.2 Å². The Bertz CT molecular complexity index is 1350. The number of aromatic nitrogens is 3. The summed E-state index contributed by atoms with van der Waals surface area (Å²) in [5.41, 5.74) is 10.7. The summed E-state index contributed by atoms with van der Waals surface area (Å²) in [6, 6.07) is 7.22. The van der Waals surface area contributed by atoms with Crippen LogP contribution in [0.4, 0.5) is 17.2 Å². The van der Waals surface area contributed by atoms with Crippen LogP contribution in [0.3, 0.4) is 0 Å². The number of carbonyl (C=O) groups is 1. The number of amides is 1. The number of benzene rings is 1. The lowest BCUT2D eigenvalue weighted by atomic mass is 10.0. The Labute approximate surface area is 197 Å². The Balaban J connectivity index is 1.35. The third-order valence-corrected chi connectivity index (χ3v) is 6.21. The molecule has 0 saturated heterocycles. The zero-order chi connectivity index (χ0) is 23.7. The number of aromatic amines is 1. The van der Waals surface area contributed by atoms with E-state index in [2.05, 4.69) is 26.3 Å². The predicted molar refractivity (Wildman–Crippen MR) is 135 cm³/mol. The molecule has 9 heteroatoms. The zero-order valence-corrected chi connectivity index (χ0v) is 18.8. The molecule has 1 amide bonds. The van der Waals surface area contributed by atoms with Gasteiger partial charge in [0, 0.05) is 49.0 Å². The van der Waals surface area contributed by atoms with Crippen LogP contribution in [0.15, 0.2) is 61.1 Å². The SMILES string of the molecule is CN1C=CC=CC1C(=O)N1CC=C(c2cc3c(Nc4ccc(N)c(C=N)c4)ncnc3[nH]2)CC1. The van der Waals surface area contributed by atoms with E-state index in [0.717, 1.165) is 34.4 Å². The van der Waals surface area contributed by atoms with Crippen LogP contribution in [0.5, 0.6) is 0 Å². The van der Waals surface area contributed by atoms with Gasteiger partial charge in [-0.05, 0) is 48.5 Å². The molecular formula is C25H26N8O. The van der Waals surface area contributed by atoms with Crippen LogP contribution in [-0.2, 0) is 4.79 Å². The molecule has 3 aromatic rings. The van der Waals surface area contributed by atoms with Crippen molar-refractivity contribution in [2.24, 2.45) is 0 Å². The fraction of sp³-hybridized carbons (Fsp3) is 0.200. The van der Waals surface area contributed by atoms with Gasteiger partial charge in [0.25, 0.3) is 0 Å². The molecule has 1 atom stereocenters. The van der Waals surface area contributed by atoms with E-state index in [0.29, 0.717) is 30.2 Å². The number of likely N-dealkylation sites (N-methyl/N-ethyl adjacent to an activating group) is 1. The van der Waals surface area contributed by atoms with E-state index >= 15 is 0 Å². The number of allylic oxidation sites excluding steroid dienone is 2. The normalized spacial score (nSPS) is 17.7. The van der Waals surface area contributed by atoms with E-state index in [1.165, 1.54) is 12.5 Å². The summed E-state index contributed by atoms with van der Waals surface area (Å²) >= 11 is 0. The van der Waals surface area contributed by atoms with Gasteiger partial charge >= 0.3 is 0 Å². The van der Waals surface area contributed by atoms with Crippen LogP contribution in [0.25, 0.3) is 16.6 Å². The molecule has 5 rings (SSSR count). The van der Waals surface area contributed by atoms with Gasteiger partial charge in [0.2, 0.25) is 5.91 Å². The number of anilines is 3. The summed E-state index contributed by atoms with van der Waals surface area (Å²) in [6.07, 6.45) is 13.3. The average Bonchev–Trinajstić information content (AvgIpc) is 3.31. The van der Waals surface area contributed by atoms with Gasteiger partial charge in [-0.25, -0.2) is 9.97 Å². The number of nitrogens with zero attached hydrogens (tertiary/aromatic N) is 4. The minimum Gasteiger partial charge on any atom is -0.398 e. The van der Waals surface area contributed by atoms with E-state index in [4.69, 9.17) is 11.1 Å². The van der Waals surface area contributed by atoms with Crippen molar-refractivity contribution in [1.82, 2.24) is 24.8 Å². The Kier molecular flexibility index (Phi) is 5.59. The van der Waals surface area contributed by atoms with Gasteiger partial charge in [-0.2, -0.15) is 0 Å². The van der Waals surface area contributed by atoms with Crippen LogP contribution in [-0.4, -0.2) is 63.1 Å². The molecule has 2 aliphatic rings. The topological polar surface area (TPSA) is 127 Å². The molecule has 2 aromatic heterocycles. The maximum Gasteiger partial charge on any atom is 0.249 e. The Morgan fingerprint density at radius 3 is 2.94 bits per heavy atom. The molecule has 1 unspecified atom stereocenters. The van der Waals surface area contributed by atoms with Crippen molar-refractivity contribution in [2.75, 3.05) is 31.2 Å². The highest BCUT2D eigenvalue weighted by Crippen LogP contribution is 2.30. The van der Waals surface area contributed by atoms with Gasteiger partial charge < -0.3 is 31.2 Å². The maximum absolute atomic E-state index is 12.9. The molecule has 2 aliphatic heterocycles. The zero-order valence-electron chi connectivity index (χ0n) is 18.8. The molecule has 5 N–H and O–H groups in total. The summed E-state index contributed by atoms with van der Waals surface area (Å²) in [7, 11) is 1.92. The molecule has 0 saturated carbocycles. The number of nitrogens with one attached hydrogen (secondary N) is 3. The van der Waals surface area contributed by atoms with Crippen molar-refractivity contribution in [1.29, 1.82) is 5.41 Å². The summed E-state index contributed by atoms with van der Waals surface area (Å²) < 4.78 is 0. The molecule has 0 spiro atoms. The quantitative estimate of drug-likeness (QED) is 0.346. The molecule has 9 nitrogen and oxygen atoms in total. The number of hydrogen-bond donors (Lipinski definition) is 4. The van der Waals surface area contributed by atoms with Crippen LogP contribution in [0.1, 0.15) is 17.7 Å². The Morgan fingerprint density at radius 1 is 1.29 bits per heavy atom. The number of nitrogen functional groups attached to an aromatic ring is 1. The standard InChI is InChI=1S/C25H26N8O/c1-32-9-3-2-4-22(32)25(34)33-10-7-16(8-11-33)21-13-19-23(28-15-29-24(19)31-21)30-18-5-6-20(27)17(12-18)14-26/h2-7,9,12-15,22,26H,8,10-11,27H2,1H3,(H2,28,29,30,31). The molecule has 4 heterocycles. The molecule has 0 radical (unpaired) electrons. The van der Waals surface area contributed by atoms with Crippen LogP contribution in [0, 0.1) is 5.41 Å². The summed E-state index contributed by atoms with van der Waals surface area (Å²) in [5, 5.41) is 11.7. The highest BCUT2D eigenvalue weighted by molar-refractivity contribution is 5.93. The average molecular weight is 455 g/mol. The van der Waals surface area contributed by atoms with Crippen molar-refractivity contribution in [3.05, 3.63) is 72.4 Å². The third-order valence-electron chi connectivity index (χ3n) is 6.21. The van der Waals surface area contributed by atoms with Crippen LogP contribution >= 0.6 is 0 Å². The van der Waals surface area contributed by atoms with Crippen LogP contribution < -0.4 is 11.1 Å². The first-order valence-corrected chi connectivity index (χ1v) is 11.1. The van der Waals surface area contributed by atoms with E-state index in [9.17, 15) is 4.79 Å². The smallest absolute Gasteiger partial charge is 0.249 e. The van der Waals surface area contributed by atoms with Gasteiger partial charge in [-0.15, -0.1) is 0 Å². The highest BCUT2D eigenvalue weighted by Gasteiger charge is 2.27. The van der Waals surface area contributed by atoms with Gasteiger partial charge in [-0.3, -0.25) is 4.79 Å². The number of fused-ring (bicyclic) bond motifs is 1. The Morgan fingerprint density at radius 2 is 2.18 bits per heavy atom. The van der Waals surface area contributed by atoms with Gasteiger partial charge in [0.05, 0.1) is 5.39 Å². The van der Waals surface area contributed by atoms with Crippen molar-refractivity contribution >= 4 is 45.9 Å². The second kappa shape index (κ2) is 8.86. The fourth-order valence-corrected chi connectivity index (χ4v) is 4.27. The second-order valence-electron chi connectivity index (χ2n) is 8.38. The van der Waals surface area contributed by atoms with E-state index < -0.39 is 0 Å². The van der Waals surface area contributed by atoms with E-state index in [1.807, 2.05) is 59.5 Å². The number of hydrogen-bond acceptors (Lipinski definition) is 7. The van der Waals surface area contributed by atoms with Gasteiger partial charge in [0.15, 0.2) is 0 Å². The predicted octanol–water partition coefficient (Wildman–Crippen LogP) is 3.28. The number of rotatable bonds is 5. The minimum atomic E-state index is -0.251. The molecular weight excluding hydrogens is 428 g/mol. The molecule has 0 fully saturated rings. The van der Waals surface area contributed by atoms with Gasteiger partial charge in [0.1, 0.15) is 23.8 Å². The molecule has 172 valence electrons. The molecule has 34 heavy (non-hydrogen) atoms. The lowest BCUT2D eigenvalue weighted by Gasteiger charge is -2.33. The Hall–Kier alpha value is -4.40. The summed E-state index contributed by atoms with van der Waals surface area (Å²) in [5.74, 6) is 0.779. The second-order valence-corrected chi connectivity index (χ2v) is 8.38. The minimum absolute atomic E-state index is 0.111. The van der Waals surface area contributed by atoms with Crippen molar-refractivity contribution in [3.63, 3.8) is 0 Å². The lowest BCUT2D eigenvalue weighted by Crippen LogP contribution is -2.46. The molecule has 0 aliphatic carbocycles. The number of nitrogens with two attached hydrogens (primary N) is 1. The lowest BCUT2D eigenvalue weighted by molar-refractivity contribution is -0.133. The largest absolute Gasteiger partial charge is 0.398 e. The highest BCUT2D eigenvalue weighted by atomic mass is 16.2. The van der Waals surface area contributed by atoms with Crippen LogP contribution in [0.2, 0.25) is 0 Å². The van der Waals surface area contributed by atoms with Crippen molar-refractivity contribution in [3.8, 4) is 0 Å². The van der Waals surface area contributed by atoms with E-state index in [1.54, 1.807) is 6.07 Å².